The minimum atomic E-state index is -2.89. The van der Waals surface area contributed by atoms with Crippen molar-refractivity contribution < 1.29 is 13.2 Å². The molecule has 0 saturated carbocycles. The Morgan fingerprint density at radius 1 is 1.09 bits per heavy atom. The van der Waals surface area contributed by atoms with Crippen LogP contribution >= 0.6 is 0 Å². The zero-order valence-corrected chi connectivity index (χ0v) is 25.6. The summed E-state index contributed by atoms with van der Waals surface area (Å²) in [5.74, 6) is -3.27. The van der Waals surface area contributed by atoms with Crippen LogP contribution in [0.5, 0.6) is 0 Å². The molecule has 1 aliphatic heterocycles. The fraction of sp³-hybridized carbons (Fsp3) is 0.382. The molecule has 0 aliphatic carbocycles. The number of hydrogen-bond donors (Lipinski definition) is 2. The number of nitrogens with zero attached hydrogens (tertiary/aromatic N) is 5. The van der Waals surface area contributed by atoms with Gasteiger partial charge in [-0.25, -0.2) is 22.7 Å². The van der Waals surface area contributed by atoms with Gasteiger partial charge in [0.15, 0.2) is 5.65 Å². The molecule has 1 saturated heterocycles. The van der Waals surface area contributed by atoms with Gasteiger partial charge >= 0.3 is 0 Å². The summed E-state index contributed by atoms with van der Waals surface area (Å²) in [6.07, 6.45) is 4.74. The predicted octanol–water partition coefficient (Wildman–Crippen LogP) is 7.22. The second kappa shape index (κ2) is 12.3. The van der Waals surface area contributed by atoms with E-state index in [0.717, 1.165) is 23.4 Å². The molecule has 1 fully saturated rings. The Bertz CT molecular complexity index is 1660. The standard InChI is InChI=1S/C34H40F3N7/c1-7-22(4)33(20-34(36,37)21-38-24(33)6)18-27-14-15-31-41-29(19-44(31)42-27)32(28(8-2)25-10-12-26(35)13-11-25)40-23(5)30-16-17-39-43(30)9-3/h10-17,19,28,32,38,40H,4-9,18,20-21H2,1-3H3. The number of aromatic nitrogens is 5. The third-order valence-corrected chi connectivity index (χ3v) is 8.79. The van der Waals surface area contributed by atoms with Crippen LogP contribution in [-0.4, -0.2) is 36.8 Å². The van der Waals surface area contributed by atoms with E-state index in [0.29, 0.717) is 41.3 Å². The minimum absolute atomic E-state index is 0.0789. The van der Waals surface area contributed by atoms with Gasteiger partial charge in [-0.3, -0.25) is 4.68 Å². The van der Waals surface area contributed by atoms with Gasteiger partial charge in [-0.05, 0) is 55.7 Å². The highest BCUT2D eigenvalue weighted by molar-refractivity contribution is 5.59. The number of alkyl halides is 2. The van der Waals surface area contributed by atoms with Gasteiger partial charge < -0.3 is 10.6 Å². The van der Waals surface area contributed by atoms with Crippen molar-refractivity contribution in [1.29, 1.82) is 0 Å². The highest BCUT2D eigenvalue weighted by Crippen LogP contribution is 2.48. The quantitative estimate of drug-likeness (QED) is 0.167. The highest BCUT2D eigenvalue weighted by atomic mass is 19.3. The van der Waals surface area contributed by atoms with Crippen LogP contribution in [0.15, 0.2) is 85.9 Å². The highest BCUT2D eigenvalue weighted by Gasteiger charge is 2.49. The van der Waals surface area contributed by atoms with Crippen LogP contribution in [0, 0.1) is 11.2 Å². The van der Waals surface area contributed by atoms with E-state index in [1.54, 1.807) is 22.8 Å². The number of allylic oxidation sites excluding steroid dienone is 1. The molecule has 1 aromatic carbocycles. The zero-order valence-electron chi connectivity index (χ0n) is 25.6. The average molecular weight is 604 g/mol. The molecule has 0 radical (unpaired) electrons. The fourth-order valence-corrected chi connectivity index (χ4v) is 6.34. The van der Waals surface area contributed by atoms with E-state index >= 15 is 0 Å². The molecule has 3 unspecified atom stereocenters. The van der Waals surface area contributed by atoms with Gasteiger partial charge in [0, 0.05) is 42.6 Å². The molecular formula is C34H40F3N7. The molecule has 232 valence electrons. The van der Waals surface area contributed by atoms with Crippen molar-refractivity contribution >= 4 is 11.3 Å². The molecule has 2 N–H and O–H groups in total. The Hall–Kier alpha value is -4.34. The number of nitrogens with one attached hydrogen (secondary N) is 2. The number of aryl methyl sites for hydroxylation is 1. The maximum absolute atomic E-state index is 14.7. The summed E-state index contributed by atoms with van der Waals surface area (Å²) < 4.78 is 46.8. The lowest BCUT2D eigenvalue weighted by Crippen LogP contribution is -2.50. The second-order valence-electron chi connectivity index (χ2n) is 11.6. The van der Waals surface area contributed by atoms with Gasteiger partial charge in [0.25, 0.3) is 5.92 Å². The van der Waals surface area contributed by atoms with Crippen molar-refractivity contribution in [1.82, 2.24) is 35.0 Å². The predicted molar refractivity (Wildman–Crippen MR) is 168 cm³/mol. The van der Waals surface area contributed by atoms with Crippen LogP contribution < -0.4 is 10.6 Å². The number of imidazole rings is 1. The lowest BCUT2D eigenvalue weighted by molar-refractivity contribution is -0.0471. The summed E-state index contributed by atoms with van der Waals surface area (Å²) in [6, 6.07) is 11.8. The Morgan fingerprint density at radius 2 is 1.84 bits per heavy atom. The molecule has 3 atom stereocenters. The molecule has 1 aliphatic rings. The number of halogens is 3. The molecule has 7 nitrogen and oxygen atoms in total. The van der Waals surface area contributed by atoms with E-state index in [-0.39, 0.29) is 30.6 Å². The van der Waals surface area contributed by atoms with E-state index in [2.05, 4.69) is 42.4 Å². The maximum Gasteiger partial charge on any atom is 0.266 e. The van der Waals surface area contributed by atoms with Crippen LogP contribution in [0.1, 0.15) is 74.6 Å². The molecule has 10 heteroatoms. The first-order valence-corrected chi connectivity index (χ1v) is 15.1. The van der Waals surface area contributed by atoms with Crippen molar-refractivity contribution in [2.24, 2.45) is 5.41 Å². The van der Waals surface area contributed by atoms with Crippen molar-refractivity contribution in [3.63, 3.8) is 0 Å². The van der Waals surface area contributed by atoms with E-state index in [4.69, 9.17) is 10.1 Å². The summed E-state index contributed by atoms with van der Waals surface area (Å²) in [5, 5.41) is 15.6. The topological polar surface area (TPSA) is 72.1 Å². The van der Waals surface area contributed by atoms with Gasteiger partial charge in [0.05, 0.1) is 41.6 Å². The molecule has 5 rings (SSSR count). The van der Waals surface area contributed by atoms with Crippen LogP contribution in [0.4, 0.5) is 13.2 Å². The zero-order chi connectivity index (χ0) is 31.6. The summed E-state index contributed by atoms with van der Waals surface area (Å²) >= 11 is 0. The van der Waals surface area contributed by atoms with Crippen molar-refractivity contribution in [2.75, 3.05) is 6.54 Å². The lowest BCUT2D eigenvalue weighted by atomic mass is 9.67. The molecule has 3 aromatic heterocycles. The molecular weight excluding hydrogens is 563 g/mol. The van der Waals surface area contributed by atoms with Crippen LogP contribution in [0.3, 0.4) is 0 Å². The second-order valence-corrected chi connectivity index (χ2v) is 11.6. The van der Waals surface area contributed by atoms with Crippen molar-refractivity contribution in [2.45, 2.75) is 70.9 Å². The number of piperidine rings is 1. The van der Waals surface area contributed by atoms with Crippen LogP contribution in [0.25, 0.3) is 11.3 Å². The molecule has 4 aromatic rings. The Morgan fingerprint density at radius 3 is 2.52 bits per heavy atom. The third-order valence-electron chi connectivity index (χ3n) is 8.79. The Labute approximate surface area is 256 Å². The third kappa shape index (κ3) is 6.02. The molecule has 0 bridgehead atoms. The van der Waals surface area contributed by atoms with Gasteiger partial charge in [-0.15, -0.1) is 0 Å². The van der Waals surface area contributed by atoms with Gasteiger partial charge in [0.2, 0.25) is 0 Å². The summed E-state index contributed by atoms with van der Waals surface area (Å²) in [4.78, 5) is 4.93. The molecule has 0 amide bonds. The van der Waals surface area contributed by atoms with E-state index < -0.39 is 17.9 Å². The van der Waals surface area contributed by atoms with E-state index in [1.165, 1.54) is 12.1 Å². The lowest BCUT2D eigenvalue weighted by Gasteiger charge is -2.44. The normalized spacial score (nSPS) is 19.4. The van der Waals surface area contributed by atoms with Gasteiger partial charge in [-0.2, -0.15) is 10.2 Å². The van der Waals surface area contributed by atoms with Crippen molar-refractivity contribution in [3.05, 3.63) is 114 Å². The number of benzene rings is 1. The summed E-state index contributed by atoms with van der Waals surface area (Å²) in [5.41, 5.74) is 4.67. The first-order valence-electron chi connectivity index (χ1n) is 15.1. The first-order chi connectivity index (χ1) is 21.0. The van der Waals surface area contributed by atoms with Crippen LogP contribution in [0.2, 0.25) is 0 Å². The maximum atomic E-state index is 14.7. The SMILES string of the molecule is C=C(NC(c1cn2nc(CC3(C(=C)CC)CC(F)(F)CNC3=C)ccc2n1)C(CC)c1ccc(F)cc1)c1ccnn1CC. The minimum Gasteiger partial charge on any atom is -0.382 e. The smallest absolute Gasteiger partial charge is 0.266 e. The first kappa shape index (κ1) is 31.1. The molecule has 0 spiro atoms. The Kier molecular flexibility index (Phi) is 8.72. The summed E-state index contributed by atoms with van der Waals surface area (Å²) in [6.45, 7) is 18.9. The Balaban J connectivity index is 1.53. The number of hydrogen-bond acceptors (Lipinski definition) is 5. The van der Waals surface area contributed by atoms with Gasteiger partial charge in [0.1, 0.15) is 5.82 Å². The molecule has 4 heterocycles. The van der Waals surface area contributed by atoms with Crippen molar-refractivity contribution in [3.8, 4) is 0 Å². The summed E-state index contributed by atoms with van der Waals surface area (Å²) in [7, 11) is 0. The largest absolute Gasteiger partial charge is 0.382 e. The molecule has 44 heavy (non-hydrogen) atoms. The average Bonchev–Trinajstić information content (AvgIpc) is 3.66. The van der Waals surface area contributed by atoms with Crippen LogP contribution in [-0.2, 0) is 13.0 Å². The fourth-order valence-electron chi connectivity index (χ4n) is 6.34. The monoisotopic (exact) mass is 603 g/mol. The van der Waals surface area contributed by atoms with E-state index in [1.807, 2.05) is 42.9 Å². The number of rotatable bonds is 12. The number of fused-ring (bicyclic) bond motifs is 1. The van der Waals surface area contributed by atoms with Gasteiger partial charge in [-0.1, -0.05) is 51.3 Å². The van der Waals surface area contributed by atoms with E-state index in [9.17, 15) is 13.2 Å².